The summed E-state index contributed by atoms with van der Waals surface area (Å²) in [6.45, 7) is 2.72. The summed E-state index contributed by atoms with van der Waals surface area (Å²) >= 11 is 1.27. The number of ketones is 1. The van der Waals surface area contributed by atoms with Crippen molar-refractivity contribution in [3.05, 3.63) is 94.7 Å². The van der Waals surface area contributed by atoms with E-state index in [-0.39, 0.29) is 5.57 Å². The van der Waals surface area contributed by atoms with Gasteiger partial charge < -0.3 is 9.84 Å². The van der Waals surface area contributed by atoms with Crippen molar-refractivity contribution in [1.82, 2.24) is 4.98 Å². The fourth-order valence-corrected chi connectivity index (χ4v) is 4.51. The predicted molar refractivity (Wildman–Crippen MR) is 134 cm³/mol. The van der Waals surface area contributed by atoms with Crippen LogP contribution in [0, 0.1) is 0 Å². The lowest BCUT2D eigenvalue weighted by molar-refractivity contribution is -0.117. The number of aliphatic hydroxyl groups excluding tert-OH is 1. The number of thiazole rings is 1. The summed E-state index contributed by atoms with van der Waals surface area (Å²) in [6, 6.07) is 15.9. The van der Waals surface area contributed by atoms with E-state index in [2.05, 4.69) is 11.9 Å². The number of carbonyl (C=O) groups excluding carboxylic acids is 2. The summed E-state index contributed by atoms with van der Waals surface area (Å²) in [5, 5.41) is 12.9. The number of allylic oxidation sites excluding steroid dienone is 1. The van der Waals surface area contributed by atoms with Crippen LogP contribution in [0.1, 0.15) is 43.4 Å². The van der Waals surface area contributed by atoms with E-state index in [0.29, 0.717) is 23.1 Å². The molecule has 0 fully saturated rings. The Kier molecular flexibility index (Phi) is 7.54. The van der Waals surface area contributed by atoms with Gasteiger partial charge in [0.2, 0.25) is 0 Å². The number of rotatable bonds is 10. The predicted octanol–water partition coefficient (Wildman–Crippen LogP) is 5.89. The Morgan fingerprint density at radius 2 is 2.00 bits per heavy atom. The minimum Gasteiger partial charge on any atom is -0.503 e. The normalized spacial score (nSPS) is 16.0. The van der Waals surface area contributed by atoms with Gasteiger partial charge in [-0.3, -0.25) is 14.5 Å². The van der Waals surface area contributed by atoms with Gasteiger partial charge in [0.15, 0.2) is 16.7 Å². The maximum Gasteiger partial charge on any atom is 0.296 e. The molecular formula is C27H26N2O4S. The molecule has 4 rings (SSSR count). The number of amides is 1. The van der Waals surface area contributed by atoms with Crippen LogP contribution in [0.4, 0.5) is 5.13 Å². The Labute approximate surface area is 202 Å². The molecule has 2 aromatic carbocycles. The van der Waals surface area contributed by atoms with E-state index in [4.69, 9.17) is 4.74 Å². The van der Waals surface area contributed by atoms with Gasteiger partial charge in [0.1, 0.15) is 5.75 Å². The fourth-order valence-electron chi connectivity index (χ4n) is 3.85. The monoisotopic (exact) mass is 474 g/mol. The van der Waals surface area contributed by atoms with Crippen molar-refractivity contribution in [1.29, 1.82) is 0 Å². The van der Waals surface area contributed by atoms with E-state index in [1.54, 1.807) is 17.7 Å². The molecule has 6 nitrogen and oxygen atoms in total. The molecule has 0 radical (unpaired) electrons. The van der Waals surface area contributed by atoms with Gasteiger partial charge in [-0.15, -0.1) is 11.3 Å². The average Bonchev–Trinajstić information content (AvgIpc) is 3.48. The molecule has 0 saturated carbocycles. The van der Waals surface area contributed by atoms with Crippen LogP contribution < -0.4 is 9.64 Å². The third-order valence-electron chi connectivity index (χ3n) is 5.52. The van der Waals surface area contributed by atoms with Crippen LogP contribution in [0.3, 0.4) is 0 Å². The standard InChI is InChI=1S/C27H26N2O4S/c1-2-3-7-16-33-21-12-8-11-20(18-21)24-23(22(30)14-13-19-9-5-4-6-10-19)25(31)26(32)29(24)27-28-15-17-34-27/h4-6,8-15,17-18,24,31H,2-3,7,16H2,1H3/b14-13+. The van der Waals surface area contributed by atoms with Crippen molar-refractivity contribution in [2.75, 3.05) is 11.5 Å². The number of nitrogens with zero attached hydrogens (tertiary/aromatic N) is 2. The molecule has 3 aromatic rings. The highest BCUT2D eigenvalue weighted by Gasteiger charge is 2.45. The lowest BCUT2D eigenvalue weighted by Crippen LogP contribution is -2.30. The fraction of sp³-hybridized carbons (Fsp3) is 0.222. The maximum atomic E-state index is 13.3. The van der Waals surface area contributed by atoms with E-state index in [9.17, 15) is 14.7 Å². The maximum absolute atomic E-state index is 13.3. The molecule has 7 heteroatoms. The van der Waals surface area contributed by atoms with Crippen LogP contribution in [0.25, 0.3) is 6.08 Å². The van der Waals surface area contributed by atoms with Crippen LogP contribution in [0.5, 0.6) is 5.75 Å². The molecule has 0 bridgehead atoms. The number of carbonyl (C=O) groups is 2. The highest BCUT2D eigenvalue weighted by atomic mass is 32.1. The van der Waals surface area contributed by atoms with Crippen molar-refractivity contribution in [2.45, 2.75) is 32.2 Å². The van der Waals surface area contributed by atoms with Gasteiger partial charge in [-0.05, 0) is 35.8 Å². The summed E-state index contributed by atoms with van der Waals surface area (Å²) < 4.78 is 5.90. The molecule has 1 atom stereocenters. The lowest BCUT2D eigenvalue weighted by atomic mass is 9.95. The summed E-state index contributed by atoms with van der Waals surface area (Å²) in [5.74, 6) is -0.992. The van der Waals surface area contributed by atoms with E-state index >= 15 is 0 Å². The van der Waals surface area contributed by atoms with Crippen molar-refractivity contribution in [2.24, 2.45) is 0 Å². The Bertz CT molecular complexity index is 1200. The average molecular weight is 475 g/mol. The third-order valence-corrected chi connectivity index (χ3v) is 6.29. The van der Waals surface area contributed by atoms with Crippen molar-refractivity contribution < 1.29 is 19.4 Å². The van der Waals surface area contributed by atoms with Gasteiger partial charge in [-0.25, -0.2) is 4.98 Å². The molecular weight excluding hydrogens is 448 g/mol. The van der Waals surface area contributed by atoms with Gasteiger partial charge in [0, 0.05) is 11.6 Å². The minimum absolute atomic E-state index is 0.0236. The first kappa shape index (κ1) is 23.4. The van der Waals surface area contributed by atoms with Gasteiger partial charge in [0.25, 0.3) is 5.91 Å². The summed E-state index contributed by atoms with van der Waals surface area (Å²) in [5.41, 5.74) is 1.53. The summed E-state index contributed by atoms with van der Waals surface area (Å²) in [4.78, 5) is 32.0. The van der Waals surface area contributed by atoms with Crippen LogP contribution in [0.2, 0.25) is 0 Å². The van der Waals surface area contributed by atoms with Crippen molar-refractivity contribution >= 4 is 34.2 Å². The number of unbranched alkanes of at least 4 members (excludes halogenated alkanes) is 2. The Morgan fingerprint density at radius 3 is 2.74 bits per heavy atom. The van der Waals surface area contributed by atoms with Crippen molar-refractivity contribution in [3.63, 3.8) is 0 Å². The van der Waals surface area contributed by atoms with Crippen LogP contribution in [-0.2, 0) is 9.59 Å². The first-order chi connectivity index (χ1) is 16.6. The largest absolute Gasteiger partial charge is 0.503 e. The summed E-state index contributed by atoms with van der Waals surface area (Å²) in [6.07, 6.45) is 7.77. The third kappa shape index (κ3) is 5.10. The Balaban J connectivity index is 1.69. The zero-order chi connectivity index (χ0) is 23.9. The number of anilines is 1. The Morgan fingerprint density at radius 1 is 1.18 bits per heavy atom. The quantitative estimate of drug-likeness (QED) is 0.293. The molecule has 2 heterocycles. The second-order valence-electron chi connectivity index (χ2n) is 7.89. The van der Waals surface area contributed by atoms with Crippen LogP contribution in [-0.4, -0.2) is 28.4 Å². The highest BCUT2D eigenvalue weighted by Crippen LogP contribution is 2.42. The summed E-state index contributed by atoms with van der Waals surface area (Å²) in [7, 11) is 0. The van der Waals surface area contributed by atoms with E-state index in [1.165, 1.54) is 22.3 Å². The first-order valence-electron chi connectivity index (χ1n) is 11.3. The van der Waals surface area contributed by atoms with Gasteiger partial charge in [-0.2, -0.15) is 0 Å². The molecule has 0 spiro atoms. The molecule has 1 aliphatic heterocycles. The molecule has 1 unspecified atom stereocenters. The number of aromatic nitrogens is 1. The lowest BCUT2D eigenvalue weighted by Gasteiger charge is -2.24. The zero-order valence-electron chi connectivity index (χ0n) is 18.9. The first-order valence-corrected chi connectivity index (χ1v) is 12.1. The molecule has 1 N–H and O–H groups in total. The zero-order valence-corrected chi connectivity index (χ0v) is 19.7. The number of benzene rings is 2. The SMILES string of the molecule is CCCCCOc1cccc(C2C(C(=O)/C=C/c3ccccc3)=C(O)C(=O)N2c2nccs2)c1. The molecule has 34 heavy (non-hydrogen) atoms. The number of aliphatic hydroxyl groups is 1. The second-order valence-corrected chi connectivity index (χ2v) is 8.76. The second kappa shape index (κ2) is 10.9. The molecule has 1 aliphatic rings. The van der Waals surface area contributed by atoms with Gasteiger partial charge in [0.05, 0.1) is 18.2 Å². The number of hydrogen-bond donors (Lipinski definition) is 1. The molecule has 0 aliphatic carbocycles. The molecule has 1 amide bonds. The smallest absolute Gasteiger partial charge is 0.296 e. The van der Waals surface area contributed by atoms with Crippen molar-refractivity contribution in [3.8, 4) is 5.75 Å². The molecule has 1 aromatic heterocycles. The van der Waals surface area contributed by atoms with Crippen LogP contribution >= 0.6 is 11.3 Å². The number of hydrogen-bond acceptors (Lipinski definition) is 6. The minimum atomic E-state index is -0.814. The molecule has 174 valence electrons. The van der Waals surface area contributed by atoms with E-state index in [1.807, 2.05) is 54.6 Å². The Hall–Kier alpha value is -3.71. The highest BCUT2D eigenvalue weighted by molar-refractivity contribution is 7.13. The molecule has 0 saturated heterocycles. The van der Waals surface area contributed by atoms with Gasteiger partial charge >= 0.3 is 0 Å². The van der Waals surface area contributed by atoms with Crippen LogP contribution in [0.15, 0.2) is 83.6 Å². The topological polar surface area (TPSA) is 79.7 Å². The van der Waals surface area contributed by atoms with E-state index < -0.39 is 23.5 Å². The van der Waals surface area contributed by atoms with E-state index in [0.717, 1.165) is 24.8 Å². The van der Waals surface area contributed by atoms with Gasteiger partial charge in [-0.1, -0.05) is 68.3 Å². The number of ether oxygens (including phenoxy) is 1.